The fraction of sp³-hybridized carbons (Fsp3) is 0.391. The smallest absolute Gasteiger partial charge is 0.329 e. The van der Waals surface area contributed by atoms with Crippen molar-refractivity contribution in [3.63, 3.8) is 0 Å². The van der Waals surface area contributed by atoms with Crippen molar-refractivity contribution in [2.45, 2.75) is 58.0 Å². The standard InChI is InChI=1S/C23H25ClN4O3/c1-3-11-28-20-19(22(30)27-23(28)31)16(12-18(25-20)14-5-6-14)21(29)26-17(4-2)13-7-9-15(24)10-8-13/h7-10,12,14,17H,3-6,11H2,1-2H3,(H,26,29)(H,27,30,31). The van der Waals surface area contributed by atoms with Crippen LogP contribution in [-0.2, 0) is 6.54 Å². The topological polar surface area (TPSA) is 96.9 Å². The molecule has 0 saturated heterocycles. The van der Waals surface area contributed by atoms with E-state index in [1.54, 1.807) is 18.2 Å². The lowest BCUT2D eigenvalue weighted by Crippen LogP contribution is -2.34. The Morgan fingerprint density at radius 3 is 2.58 bits per heavy atom. The molecule has 1 unspecified atom stereocenters. The van der Waals surface area contributed by atoms with Crippen molar-refractivity contribution in [3.8, 4) is 0 Å². The lowest BCUT2D eigenvalue weighted by molar-refractivity contribution is 0.0937. The fourth-order valence-electron chi connectivity index (χ4n) is 3.84. The quantitative estimate of drug-likeness (QED) is 0.582. The van der Waals surface area contributed by atoms with Crippen molar-refractivity contribution in [1.82, 2.24) is 19.9 Å². The Kier molecular flexibility index (Phi) is 5.96. The van der Waals surface area contributed by atoms with E-state index in [2.05, 4.69) is 15.3 Å². The molecule has 0 aliphatic heterocycles. The summed E-state index contributed by atoms with van der Waals surface area (Å²) in [5.74, 6) is -0.0954. The first-order valence-electron chi connectivity index (χ1n) is 10.7. The molecule has 1 aliphatic rings. The Balaban J connectivity index is 1.82. The number of hydrogen-bond acceptors (Lipinski definition) is 4. The Morgan fingerprint density at radius 2 is 1.97 bits per heavy atom. The maximum Gasteiger partial charge on any atom is 0.329 e. The van der Waals surface area contributed by atoms with Gasteiger partial charge in [0, 0.05) is 23.2 Å². The van der Waals surface area contributed by atoms with E-state index < -0.39 is 11.2 Å². The third kappa shape index (κ3) is 4.28. The zero-order valence-corrected chi connectivity index (χ0v) is 18.3. The summed E-state index contributed by atoms with van der Waals surface area (Å²) in [4.78, 5) is 45.5. The van der Waals surface area contributed by atoms with E-state index in [9.17, 15) is 14.4 Å². The van der Waals surface area contributed by atoms with E-state index in [0.29, 0.717) is 24.4 Å². The number of halogens is 1. The van der Waals surface area contributed by atoms with E-state index >= 15 is 0 Å². The molecule has 1 atom stereocenters. The highest BCUT2D eigenvalue weighted by molar-refractivity contribution is 6.30. The summed E-state index contributed by atoms with van der Waals surface area (Å²) >= 11 is 5.99. The second-order valence-corrected chi connectivity index (χ2v) is 8.40. The minimum absolute atomic E-state index is 0.154. The Labute approximate surface area is 184 Å². The van der Waals surface area contributed by atoms with Crippen molar-refractivity contribution in [3.05, 3.63) is 73.0 Å². The molecule has 0 radical (unpaired) electrons. The number of nitrogens with zero attached hydrogens (tertiary/aromatic N) is 2. The predicted octanol–water partition coefficient (Wildman–Crippen LogP) is 3.91. The molecule has 1 aliphatic carbocycles. The van der Waals surface area contributed by atoms with E-state index in [4.69, 9.17) is 11.6 Å². The Morgan fingerprint density at radius 1 is 1.26 bits per heavy atom. The van der Waals surface area contributed by atoms with Gasteiger partial charge in [0.15, 0.2) is 5.65 Å². The number of rotatable bonds is 7. The molecule has 0 spiro atoms. The maximum atomic E-state index is 13.4. The number of H-pyrrole nitrogens is 1. The van der Waals surface area contributed by atoms with Crippen LogP contribution in [0.4, 0.5) is 0 Å². The highest BCUT2D eigenvalue weighted by atomic mass is 35.5. The lowest BCUT2D eigenvalue weighted by atomic mass is 10.0. The largest absolute Gasteiger partial charge is 0.345 e. The minimum Gasteiger partial charge on any atom is -0.345 e. The van der Waals surface area contributed by atoms with Crippen LogP contribution in [-0.4, -0.2) is 20.4 Å². The number of carbonyl (C=O) groups is 1. The normalized spacial score (nSPS) is 14.5. The molecule has 7 nitrogen and oxygen atoms in total. The van der Waals surface area contributed by atoms with Gasteiger partial charge in [-0.3, -0.25) is 19.1 Å². The van der Waals surface area contributed by atoms with Crippen LogP contribution in [0.25, 0.3) is 11.0 Å². The van der Waals surface area contributed by atoms with E-state index in [-0.39, 0.29) is 34.5 Å². The van der Waals surface area contributed by atoms with Gasteiger partial charge in [-0.05, 0) is 49.4 Å². The number of benzene rings is 1. The molecule has 0 bridgehead atoms. The summed E-state index contributed by atoms with van der Waals surface area (Å²) in [5, 5.41) is 3.82. The number of pyridine rings is 1. The molecular formula is C23H25ClN4O3. The average molecular weight is 441 g/mol. The number of aromatic amines is 1. The number of amides is 1. The molecule has 1 aromatic carbocycles. The zero-order valence-electron chi connectivity index (χ0n) is 17.6. The number of fused-ring (bicyclic) bond motifs is 1. The molecule has 1 saturated carbocycles. The lowest BCUT2D eigenvalue weighted by Gasteiger charge is -2.19. The van der Waals surface area contributed by atoms with Gasteiger partial charge in [-0.2, -0.15) is 0 Å². The van der Waals surface area contributed by atoms with Crippen LogP contribution in [0.5, 0.6) is 0 Å². The average Bonchev–Trinajstić information content (AvgIpc) is 3.60. The second kappa shape index (κ2) is 8.67. The van der Waals surface area contributed by atoms with Crippen LogP contribution in [0.1, 0.15) is 73.1 Å². The van der Waals surface area contributed by atoms with Gasteiger partial charge in [0.05, 0.1) is 17.0 Å². The van der Waals surface area contributed by atoms with Gasteiger partial charge in [-0.1, -0.05) is 37.6 Å². The summed E-state index contributed by atoms with van der Waals surface area (Å²) in [7, 11) is 0. The number of aromatic nitrogens is 3. The highest BCUT2D eigenvalue weighted by Gasteiger charge is 2.29. The summed E-state index contributed by atoms with van der Waals surface area (Å²) in [6.07, 6.45) is 3.35. The van der Waals surface area contributed by atoms with Gasteiger partial charge in [0.2, 0.25) is 0 Å². The number of carbonyl (C=O) groups excluding carboxylic acids is 1. The molecule has 2 aromatic heterocycles. The molecule has 1 fully saturated rings. The molecule has 31 heavy (non-hydrogen) atoms. The van der Waals surface area contributed by atoms with Crippen molar-refractivity contribution < 1.29 is 4.79 Å². The molecule has 8 heteroatoms. The molecule has 4 rings (SSSR count). The summed E-state index contributed by atoms with van der Waals surface area (Å²) in [6.45, 7) is 4.34. The van der Waals surface area contributed by atoms with Crippen LogP contribution in [0.2, 0.25) is 5.02 Å². The van der Waals surface area contributed by atoms with Crippen molar-refractivity contribution >= 4 is 28.5 Å². The van der Waals surface area contributed by atoms with Crippen molar-refractivity contribution in [2.24, 2.45) is 0 Å². The summed E-state index contributed by atoms with van der Waals surface area (Å²) < 4.78 is 1.45. The first-order chi connectivity index (χ1) is 14.9. The zero-order chi connectivity index (χ0) is 22.1. The van der Waals surface area contributed by atoms with Gasteiger partial charge in [0.25, 0.3) is 11.5 Å². The summed E-state index contributed by atoms with van der Waals surface area (Å²) in [5.41, 5.74) is 1.13. The molecule has 2 N–H and O–H groups in total. The SMILES string of the molecule is CCCn1c(=O)[nH]c(=O)c2c(C(=O)NC(CC)c3ccc(Cl)cc3)cc(C3CC3)nc21. The first kappa shape index (κ1) is 21.3. The number of hydrogen-bond donors (Lipinski definition) is 2. The highest BCUT2D eigenvalue weighted by Crippen LogP contribution is 2.40. The van der Waals surface area contributed by atoms with Gasteiger partial charge >= 0.3 is 5.69 Å². The molecule has 3 aromatic rings. The van der Waals surface area contributed by atoms with Crippen LogP contribution in [0.3, 0.4) is 0 Å². The van der Waals surface area contributed by atoms with E-state index in [1.165, 1.54) is 4.57 Å². The minimum atomic E-state index is -0.591. The van der Waals surface area contributed by atoms with Crippen LogP contribution in [0, 0.1) is 0 Å². The van der Waals surface area contributed by atoms with Crippen molar-refractivity contribution in [1.29, 1.82) is 0 Å². The van der Waals surface area contributed by atoms with Gasteiger partial charge < -0.3 is 5.32 Å². The predicted molar refractivity (Wildman–Crippen MR) is 121 cm³/mol. The Bertz CT molecular complexity index is 1240. The van der Waals surface area contributed by atoms with Crippen LogP contribution >= 0.6 is 11.6 Å². The van der Waals surface area contributed by atoms with Crippen molar-refractivity contribution in [2.75, 3.05) is 0 Å². The molecule has 162 valence electrons. The van der Waals surface area contributed by atoms with Crippen LogP contribution < -0.4 is 16.6 Å². The molecular weight excluding hydrogens is 416 g/mol. The van der Waals surface area contributed by atoms with E-state index in [0.717, 1.165) is 24.1 Å². The van der Waals surface area contributed by atoms with Gasteiger partial charge in [0.1, 0.15) is 0 Å². The Hall–Kier alpha value is -2.93. The van der Waals surface area contributed by atoms with Crippen LogP contribution in [0.15, 0.2) is 39.9 Å². The molecule has 1 amide bonds. The third-order valence-corrected chi connectivity index (χ3v) is 5.89. The monoisotopic (exact) mass is 440 g/mol. The first-order valence-corrected chi connectivity index (χ1v) is 11.0. The number of nitrogens with one attached hydrogen (secondary N) is 2. The summed E-state index contributed by atoms with van der Waals surface area (Å²) in [6, 6.07) is 8.80. The number of aryl methyl sites for hydroxylation is 1. The molecule has 2 heterocycles. The van der Waals surface area contributed by atoms with Gasteiger partial charge in [-0.15, -0.1) is 0 Å². The van der Waals surface area contributed by atoms with Gasteiger partial charge in [-0.25, -0.2) is 9.78 Å². The third-order valence-electron chi connectivity index (χ3n) is 5.64. The second-order valence-electron chi connectivity index (χ2n) is 7.96. The van der Waals surface area contributed by atoms with E-state index in [1.807, 2.05) is 26.0 Å². The fourth-order valence-corrected chi connectivity index (χ4v) is 3.97. The maximum absolute atomic E-state index is 13.4.